The molecule has 0 bridgehead atoms. The number of halogens is 1. The monoisotopic (exact) mass is 213 g/mol. The number of aryl methyl sites for hydroxylation is 1. The van der Waals surface area contributed by atoms with Gasteiger partial charge >= 0.3 is 0 Å². The van der Waals surface area contributed by atoms with E-state index in [0.717, 1.165) is 30.8 Å². The summed E-state index contributed by atoms with van der Waals surface area (Å²) in [6.07, 6.45) is 1.36. The Bertz CT molecular complexity index is 291. The van der Waals surface area contributed by atoms with Crippen LogP contribution < -0.4 is 5.32 Å². The molecule has 2 heterocycles. The molecule has 1 aliphatic heterocycles. The molecule has 1 aromatic heterocycles. The molecule has 1 nitrogen and oxygen atoms in total. The molecule has 0 amide bonds. The minimum Gasteiger partial charge on any atom is -0.316 e. The molecule has 0 radical (unpaired) electrons. The minimum absolute atomic E-state index is 0.182. The smallest absolute Gasteiger partial charge is 0.138 e. The number of piperidine rings is 1. The van der Waals surface area contributed by atoms with Gasteiger partial charge in [-0.25, -0.2) is 4.39 Å². The van der Waals surface area contributed by atoms with Gasteiger partial charge in [0.2, 0.25) is 0 Å². The summed E-state index contributed by atoms with van der Waals surface area (Å²) in [6, 6.07) is 3.93. The largest absolute Gasteiger partial charge is 0.316 e. The van der Waals surface area contributed by atoms with Gasteiger partial charge < -0.3 is 5.32 Å². The van der Waals surface area contributed by atoms with Crippen LogP contribution in [0.1, 0.15) is 28.8 Å². The number of nitrogens with one attached hydrogen (secondary N) is 1. The Hall–Kier alpha value is -0.410. The lowest BCUT2D eigenvalue weighted by atomic mass is 9.94. The molecule has 1 saturated heterocycles. The highest BCUT2D eigenvalue weighted by Crippen LogP contribution is 2.34. The van der Waals surface area contributed by atoms with E-state index in [1.807, 2.05) is 19.1 Å². The summed E-state index contributed by atoms with van der Waals surface area (Å²) in [5, 5.41) is 3.26. The van der Waals surface area contributed by atoms with Crippen molar-refractivity contribution >= 4 is 11.3 Å². The zero-order chi connectivity index (χ0) is 9.97. The van der Waals surface area contributed by atoms with Crippen molar-refractivity contribution in [3.05, 3.63) is 21.9 Å². The zero-order valence-electron chi connectivity index (χ0n) is 8.42. The van der Waals surface area contributed by atoms with Gasteiger partial charge in [-0.1, -0.05) is 0 Å². The van der Waals surface area contributed by atoms with Gasteiger partial charge in [0, 0.05) is 22.2 Å². The second kappa shape index (κ2) is 4.41. The van der Waals surface area contributed by atoms with E-state index in [4.69, 9.17) is 0 Å². The lowest BCUT2D eigenvalue weighted by Crippen LogP contribution is -2.31. The first-order valence-corrected chi connectivity index (χ1v) is 6.00. The highest BCUT2D eigenvalue weighted by molar-refractivity contribution is 7.12. The van der Waals surface area contributed by atoms with Crippen LogP contribution in [-0.2, 0) is 0 Å². The van der Waals surface area contributed by atoms with Crippen molar-refractivity contribution < 1.29 is 4.39 Å². The van der Waals surface area contributed by atoms with Crippen LogP contribution in [0.4, 0.5) is 4.39 Å². The molecule has 3 heteroatoms. The van der Waals surface area contributed by atoms with Crippen molar-refractivity contribution in [3.63, 3.8) is 0 Å². The van der Waals surface area contributed by atoms with Crippen LogP contribution in [0.15, 0.2) is 12.1 Å². The maximum Gasteiger partial charge on any atom is 0.138 e. The average Bonchev–Trinajstić information content (AvgIpc) is 2.65. The third-order valence-electron chi connectivity index (χ3n) is 2.78. The summed E-state index contributed by atoms with van der Waals surface area (Å²) >= 11 is 1.59. The van der Waals surface area contributed by atoms with E-state index >= 15 is 0 Å². The molecular formula is C11H16FNS. The summed E-state index contributed by atoms with van der Waals surface area (Å²) < 4.78 is 14.0. The predicted molar refractivity (Wildman–Crippen MR) is 58.5 cm³/mol. The van der Waals surface area contributed by atoms with Gasteiger partial charge in [-0.05, 0) is 38.4 Å². The second-order valence-electron chi connectivity index (χ2n) is 3.96. The average molecular weight is 213 g/mol. The Labute approximate surface area is 88.3 Å². The van der Waals surface area contributed by atoms with Crippen molar-refractivity contribution in [1.29, 1.82) is 0 Å². The van der Waals surface area contributed by atoms with Crippen molar-refractivity contribution in [2.24, 2.45) is 5.92 Å². The summed E-state index contributed by atoms with van der Waals surface area (Å²) in [5.41, 5.74) is 0. The molecule has 1 aliphatic rings. The lowest BCUT2D eigenvalue weighted by molar-refractivity contribution is 0.198. The van der Waals surface area contributed by atoms with Crippen LogP contribution in [0.25, 0.3) is 0 Å². The van der Waals surface area contributed by atoms with Gasteiger partial charge in [0.25, 0.3) is 0 Å². The van der Waals surface area contributed by atoms with Crippen LogP contribution in [-0.4, -0.2) is 13.1 Å². The summed E-state index contributed by atoms with van der Waals surface area (Å²) in [5.74, 6) is 0.182. The Morgan fingerprint density at radius 2 is 2.43 bits per heavy atom. The van der Waals surface area contributed by atoms with E-state index in [9.17, 15) is 4.39 Å². The third kappa shape index (κ3) is 2.15. The zero-order valence-corrected chi connectivity index (χ0v) is 9.24. The fourth-order valence-corrected chi connectivity index (χ4v) is 2.91. The number of alkyl halides is 1. The van der Waals surface area contributed by atoms with Crippen molar-refractivity contribution in [1.82, 2.24) is 5.32 Å². The van der Waals surface area contributed by atoms with Crippen molar-refractivity contribution in [3.8, 4) is 0 Å². The second-order valence-corrected chi connectivity index (χ2v) is 5.28. The molecule has 0 aliphatic carbocycles. The van der Waals surface area contributed by atoms with Crippen molar-refractivity contribution in [2.75, 3.05) is 13.1 Å². The molecule has 78 valence electrons. The van der Waals surface area contributed by atoms with Crippen LogP contribution >= 0.6 is 11.3 Å². The van der Waals surface area contributed by atoms with Crippen LogP contribution in [0.5, 0.6) is 0 Å². The Morgan fingerprint density at radius 1 is 1.57 bits per heavy atom. The summed E-state index contributed by atoms with van der Waals surface area (Å²) in [4.78, 5) is 2.10. The van der Waals surface area contributed by atoms with E-state index in [2.05, 4.69) is 5.32 Å². The maximum atomic E-state index is 14.0. The molecule has 1 fully saturated rings. The molecular weight excluding hydrogens is 197 g/mol. The number of rotatable bonds is 2. The van der Waals surface area contributed by atoms with Gasteiger partial charge in [-0.15, -0.1) is 11.3 Å². The van der Waals surface area contributed by atoms with E-state index < -0.39 is 6.17 Å². The Morgan fingerprint density at radius 3 is 3.00 bits per heavy atom. The number of hydrogen-bond donors (Lipinski definition) is 1. The van der Waals surface area contributed by atoms with E-state index in [1.165, 1.54) is 4.88 Å². The van der Waals surface area contributed by atoms with Gasteiger partial charge in [0.05, 0.1) is 0 Å². The molecule has 2 rings (SSSR count). The highest BCUT2D eigenvalue weighted by atomic mass is 32.1. The topological polar surface area (TPSA) is 12.0 Å². The number of thiophene rings is 1. The quantitative estimate of drug-likeness (QED) is 0.796. The Kier molecular flexibility index (Phi) is 3.19. The van der Waals surface area contributed by atoms with Crippen molar-refractivity contribution in [2.45, 2.75) is 25.9 Å². The fourth-order valence-electron chi connectivity index (χ4n) is 1.96. The van der Waals surface area contributed by atoms with E-state index in [-0.39, 0.29) is 5.92 Å². The first-order chi connectivity index (χ1) is 6.77. The van der Waals surface area contributed by atoms with Crippen LogP contribution in [0.2, 0.25) is 0 Å². The summed E-state index contributed by atoms with van der Waals surface area (Å²) in [6.45, 7) is 3.91. The lowest BCUT2D eigenvalue weighted by Gasteiger charge is -2.25. The molecule has 1 aromatic rings. The maximum absolute atomic E-state index is 14.0. The van der Waals surface area contributed by atoms with Gasteiger partial charge in [-0.2, -0.15) is 0 Å². The number of hydrogen-bond acceptors (Lipinski definition) is 2. The Balaban J connectivity index is 2.03. The summed E-state index contributed by atoms with van der Waals surface area (Å²) in [7, 11) is 0. The molecule has 1 N–H and O–H groups in total. The van der Waals surface area contributed by atoms with Crippen LogP contribution in [0.3, 0.4) is 0 Å². The molecule has 2 atom stereocenters. The molecule has 0 spiro atoms. The molecule has 0 saturated carbocycles. The first kappa shape index (κ1) is 10.1. The molecule has 2 unspecified atom stereocenters. The van der Waals surface area contributed by atoms with E-state index in [0.29, 0.717) is 0 Å². The van der Waals surface area contributed by atoms with Crippen LogP contribution in [0, 0.1) is 12.8 Å². The minimum atomic E-state index is -0.762. The SMILES string of the molecule is Cc1ccc(C(F)C2CCCNC2)s1. The third-order valence-corrected chi connectivity index (χ3v) is 3.84. The first-order valence-electron chi connectivity index (χ1n) is 5.18. The fraction of sp³-hybridized carbons (Fsp3) is 0.636. The molecule has 0 aromatic carbocycles. The highest BCUT2D eigenvalue weighted by Gasteiger charge is 2.25. The normalized spacial score (nSPS) is 24.9. The van der Waals surface area contributed by atoms with Gasteiger partial charge in [0.15, 0.2) is 0 Å². The standard InChI is InChI=1S/C11H16FNS/c1-8-4-5-10(14-8)11(12)9-3-2-6-13-7-9/h4-5,9,11,13H,2-3,6-7H2,1H3. The van der Waals surface area contributed by atoms with Gasteiger partial charge in [-0.3, -0.25) is 0 Å². The van der Waals surface area contributed by atoms with Gasteiger partial charge in [0.1, 0.15) is 6.17 Å². The predicted octanol–water partition coefficient (Wildman–Crippen LogP) is 3.07. The molecule has 14 heavy (non-hydrogen) atoms. The van der Waals surface area contributed by atoms with E-state index in [1.54, 1.807) is 11.3 Å².